The van der Waals surface area contributed by atoms with Crippen molar-refractivity contribution in [3.05, 3.63) is 64.7 Å². The van der Waals surface area contributed by atoms with Crippen LogP contribution in [-0.2, 0) is 22.6 Å². The molecule has 0 aromatic heterocycles. The molecule has 4 nitrogen and oxygen atoms in total. The summed E-state index contributed by atoms with van der Waals surface area (Å²) in [7, 11) is 0. The first kappa shape index (κ1) is 19.2. The molecule has 2 aromatic carbocycles. The van der Waals surface area contributed by atoms with Crippen molar-refractivity contribution in [2.75, 3.05) is 32.1 Å². The average Bonchev–Trinajstić information content (AvgIpc) is 2.67. The van der Waals surface area contributed by atoms with Gasteiger partial charge < -0.3 is 10.1 Å². The van der Waals surface area contributed by atoms with Crippen molar-refractivity contribution < 1.29 is 9.53 Å². The fraction of sp³-hybridized carbons (Fsp3) is 0.350. The highest BCUT2D eigenvalue weighted by atomic mass is 35.5. The number of morpholine rings is 1. The van der Waals surface area contributed by atoms with E-state index in [9.17, 15) is 4.79 Å². The summed E-state index contributed by atoms with van der Waals surface area (Å²) in [5.41, 5.74) is 2.42. The Balaban J connectivity index is 1.51. The summed E-state index contributed by atoms with van der Waals surface area (Å²) in [5, 5.41) is 3.70. The van der Waals surface area contributed by atoms with Crippen molar-refractivity contribution in [3.63, 3.8) is 0 Å². The predicted molar refractivity (Wildman–Crippen MR) is 107 cm³/mol. The quantitative estimate of drug-likeness (QED) is 0.734. The average molecular weight is 391 g/mol. The van der Waals surface area contributed by atoms with Crippen LogP contribution in [0.4, 0.5) is 0 Å². The number of nitrogens with one attached hydrogen (secondary N) is 1. The third-order valence-electron chi connectivity index (χ3n) is 4.29. The highest BCUT2D eigenvalue weighted by molar-refractivity contribution is 8.00. The molecule has 0 unspecified atom stereocenters. The lowest BCUT2D eigenvalue weighted by molar-refractivity contribution is -0.118. The van der Waals surface area contributed by atoms with Crippen LogP contribution >= 0.6 is 23.4 Å². The minimum Gasteiger partial charge on any atom is -0.379 e. The van der Waals surface area contributed by atoms with Gasteiger partial charge >= 0.3 is 0 Å². The summed E-state index contributed by atoms with van der Waals surface area (Å²) in [4.78, 5) is 15.5. The second-order valence-electron chi connectivity index (χ2n) is 6.15. The van der Waals surface area contributed by atoms with Gasteiger partial charge in [0.25, 0.3) is 0 Å². The molecule has 1 fully saturated rings. The van der Waals surface area contributed by atoms with Crippen molar-refractivity contribution in [1.29, 1.82) is 0 Å². The molecule has 1 N–H and O–H groups in total. The zero-order valence-corrected chi connectivity index (χ0v) is 16.2. The number of amides is 1. The van der Waals surface area contributed by atoms with Crippen LogP contribution in [0.2, 0.25) is 5.02 Å². The Hall–Kier alpha value is -1.53. The highest BCUT2D eigenvalue weighted by Gasteiger charge is 2.13. The number of ether oxygens (including phenoxy) is 1. The van der Waals surface area contributed by atoms with Crippen LogP contribution < -0.4 is 5.32 Å². The Morgan fingerprint density at radius 1 is 1.08 bits per heavy atom. The summed E-state index contributed by atoms with van der Waals surface area (Å²) in [5.74, 6) is 0.367. The molecular formula is C20H23ClN2O2S. The van der Waals surface area contributed by atoms with Gasteiger partial charge in [-0.25, -0.2) is 0 Å². The van der Waals surface area contributed by atoms with Gasteiger partial charge in [-0.2, -0.15) is 0 Å². The third-order valence-corrected chi connectivity index (χ3v) is 5.80. The number of benzene rings is 2. The number of hydrogen-bond acceptors (Lipinski definition) is 4. The molecule has 0 radical (unpaired) electrons. The van der Waals surface area contributed by atoms with E-state index in [2.05, 4.69) is 22.3 Å². The molecule has 0 aliphatic carbocycles. The zero-order valence-electron chi connectivity index (χ0n) is 14.6. The maximum absolute atomic E-state index is 12.2. The van der Waals surface area contributed by atoms with E-state index in [0.717, 1.165) is 43.3 Å². The van der Waals surface area contributed by atoms with Gasteiger partial charge in [0, 0.05) is 31.1 Å². The molecular weight excluding hydrogens is 368 g/mol. The minimum absolute atomic E-state index is 0.0103. The molecule has 138 valence electrons. The van der Waals surface area contributed by atoms with Crippen molar-refractivity contribution >= 4 is 29.3 Å². The SMILES string of the molecule is O=C(CSc1ccccc1Cl)NCc1ccccc1CN1CCOCC1. The first-order chi connectivity index (χ1) is 12.7. The number of thioether (sulfide) groups is 1. The van der Waals surface area contributed by atoms with Crippen molar-refractivity contribution in [2.24, 2.45) is 0 Å². The Labute approximate surface area is 163 Å². The van der Waals surface area contributed by atoms with Crippen LogP contribution in [0.5, 0.6) is 0 Å². The molecule has 1 heterocycles. The van der Waals surface area contributed by atoms with E-state index in [1.165, 1.54) is 17.3 Å². The lowest BCUT2D eigenvalue weighted by atomic mass is 10.1. The van der Waals surface area contributed by atoms with E-state index < -0.39 is 0 Å². The molecule has 1 aliphatic rings. The van der Waals surface area contributed by atoms with Crippen LogP contribution in [0, 0.1) is 0 Å². The first-order valence-corrected chi connectivity index (χ1v) is 10.1. The Bertz CT molecular complexity index is 735. The molecule has 0 spiro atoms. The van der Waals surface area contributed by atoms with Crippen molar-refractivity contribution in [3.8, 4) is 0 Å². The van der Waals surface area contributed by atoms with Crippen molar-refractivity contribution in [2.45, 2.75) is 18.0 Å². The fourth-order valence-corrected chi connectivity index (χ4v) is 3.90. The molecule has 2 aromatic rings. The van der Waals surface area contributed by atoms with Crippen LogP contribution in [0.15, 0.2) is 53.4 Å². The van der Waals surface area contributed by atoms with Gasteiger partial charge in [-0.15, -0.1) is 11.8 Å². The van der Waals surface area contributed by atoms with E-state index in [0.29, 0.717) is 17.3 Å². The van der Waals surface area contributed by atoms with Crippen LogP contribution in [-0.4, -0.2) is 42.9 Å². The molecule has 0 atom stereocenters. The second kappa shape index (κ2) is 9.97. The molecule has 1 aliphatic heterocycles. The summed E-state index contributed by atoms with van der Waals surface area (Å²) in [6.45, 7) is 4.92. The maximum Gasteiger partial charge on any atom is 0.230 e. The van der Waals surface area contributed by atoms with E-state index in [-0.39, 0.29) is 5.91 Å². The number of hydrogen-bond donors (Lipinski definition) is 1. The standard InChI is InChI=1S/C20H23ClN2O2S/c21-18-7-3-4-8-19(18)26-15-20(24)22-13-16-5-1-2-6-17(16)14-23-9-11-25-12-10-23/h1-8H,9-15H2,(H,22,24). The summed E-state index contributed by atoms with van der Waals surface area (Å²) < 4.78 is 5.41. The fourth-order valence-electron chi connectivity index (χ4n) is 2.83. The van der Waals surface area contributed by atoms with Gasteiger partial charge in [0.1, 0.15) is 0 Å². The minimum atomic E-state index is 0.0103. The van der Waals surface area contributed by atoms with Crippen LogP contribution in [0.1, 0.15) is 11.1 Å². The van der Waals surface area contributed by atoms with E-state index in [1.807, 2.05) is 36.4 Å². The van der Waals surface area contributed by atoms with E-state index in [1.54, 1.807) is 0 Å². The number of carbonyl (C=O) groups is 1. The lowest BCUT2D eigenvalue weighted by Gasteiger charge is -2.27. The van der Waals surface area contributed by atoms with Crippen molar-refractivity contribution in [1.82, 2.24) is 10.2 Å². The number of rotatable bonds is 7. The molecule has 0 bridgehead atoms. The normalized spacial score (nSPS) is 15.0. The van der Waals surface area contributed by atoms with Crippen LogP contribution in [0.25, 0.3) is 0 Å². The predicted octanol–water partition coefficient (Wildman–Crippen LogP) is 3.58. The smallest absolute Gasteiger partial charge is 0.230 e. The summed E-state index contributed by atoms with van der Waals surface area (Å²) in [6, 6.07) is 15.9. The number of carbonyl (C=O) groups excluding carboxylic acids is 1. The molecule has 0 saturated carbocycles. The highest BCUT2D eigenvalue weighted by Crippen LogP contribution is 2.26. The monoisotopic (exact) mass is 390 g/mol. The number of halogens is 1. The number of nitrogens with zero attached hydrogens (tertiary/aromatic N) is 1. The summed E-state index contributed by atoms with van der Waals surface area (Å²) >= 11 is 7.58. The van der Waals surface area contributed by atoms with Gasteiger partial charge in [-0.3, -0.25) is 9.69 Å². The molecule has 1 amide bonds. The third kappa shape index (κ3) is 5.74. The Morgan fingerprint density at radius 2 is 1.77 bits per heavy atom. The first-order valence-electron chi connectivity index (χ1n) is 8.73. The Kier molecular flexibility index (Phi) is 7.38. The van der Waals surface area contributed by atoms with Crippen LogP contribution in [0.3, 0.4) is 0 Å². The zero-order chi connectivity index (χ0) is 18.2. The largest absolute Gasteiger partial charge is 0.379 e. The molecule has 6 heteroatoms. The van der Waals surface area contributed by atoms with Gasteiger partial charge in [0.2, 0.25) is 5.91 Å². The van der Waals surface area contributed by atoms with Gasteiger partial charge in [-0.05, 0) is 23.3 Å². The van der Waals surface area contributed by atoms with E-state index >= 15 is 0 Å². The lowest BCUT2D eigenvalue weighted by Crippen LogP contribution is -2.36. The maximum atomic E-state index is 12.2. The summed E-state index contributed by atoms with van der Waals surface area (Å²) in [6.07, 6.45) is 0. The second-order valence-corrected chi connectivity index (χ2v) is 7.58. The molecule has 3 rings (SSSR count). The Morgan fingerprint density at radius 3 is 2.54 bits per heavy atom. The van der Waals surface area contributed by atoms with Gasteiger partial charge in [-0.1, -0.05) is 48.0 Å². The topological polar surface area (TPSA) is 41.6 Å². The molecule has 1 saturated heterocycles. The molecule has 26 heavy (non-hydrogen) atoms. The van der Waals surface area contributed by atoms with Gasteiger partial charge in [0.15, 0.2) is 0 Å². The van der Waals surface area contributed by atoms with Gasteiger partial charge in [0.05, 0.1) is 24.0 Å². The van der Waals surface area contributed by atoms with E-state index in [4.69, 9.17) is 16.3 Å².